The van der Waals surface area contributed by atoms with Crippen molar-refractivity contribution >= 4 is 39.2 Å². The third kappa shape index (κ3) is 3.82. The number of carbonyl (C=O) groups excluding carboxylic acids is 1. The Morgan fingerprint density at radius 2 is 1.64 bits per heavy atom. The van der Waals surface area contributed by atoms with Gasteiger partial charge in [-0.15, -0.1) is 0 Å². The van der Waals surface area contributed by atoms with E-state index in [1.54, 1.807) is 16.7 Å². The highest BCUT2D eigenvalue weighted by molar-refractivity contribution is 6.06. The fourth-order valence-corrected chi connectivity index (χ4v) is 4.50. The number of hydrogen-bond acceptors (Lipinski definition) is 6. The number of nitrogens with zero attached hydrogens (tertiary/aromatic N) is 5. The van der Waals surface area contributed by atoms with E-state index >= 15 is 0 Å². The highest BCUT2D eigenvalue weighted by Gasteiger charge is 2.24. The Kier molecular flexibility index (Phi) is 6.26. The Morgan fingerprint density at radius 1 is 0.944 bits per heavy atom. The van der Waals surface area contributed by atoms with Gasteiger partial charge in [0.1, 0.15) is 16.7 Å². The van der Waals surface area contributed by atoms with Gasteiger partial charge in [-0.05, 0) is 56.2 Å². The van der Waals surface area contributed by atoms with Crippen molar-refractivity contribution < 1.29 is 9.53 Å². The molecule has 0 unspecified atom stereocenters. The van der Waals surface area contributed by atoms with Crippen LogP contribution in [0.5, 0.6) is 0 Å². The molecule has 1 atom stereocenters. The minimum Gasteiger partial charge on any atom is -0.462 e. The van der Waals surface area contributed by atoms with Crippen LogP contribution in [-0.2, 0) is 11.2 Å². The van der Waals surface area contributed by atoms with Crippen LogP contribution in [0, 0.1) is 0 Å². The highest BCUT2D eigenvalue weighted by Crippen LogP contribution is 2.29. The molecule has 0 spiro atoms. The van der Waals surface area contributed by atoms with E-state index in [1.165, 1.54) is 0 Å². The second-order valence-electron chi connectivity index (χ2n) is 8.92. The molecule has 0 N–H and O–H groups in total. The van der Waals surface area contributed by atoms with Crippen LogP contribution in [-0.4, -0.2) is 36.7 Å². The van der Waals surface area contributed by atoms with Gasteiger partial charge in [0.05, 0.1) is 23.2 Å². The largest absolute Gasteiger partial charge is 0.462 e. The summed E-state index contributed by atoms with van der Waals surface area (Å²) in [5.74, 6) is 0.356. The molecule has 5 rings (SSSR count). The summed E-state index contributed by atoms with van der Waals surface area (Å²) in [5, 5.41) is 0.451. The molecule has 0 amide bonds. The zero-order valence-electron chi connectivity index (χ0n) is 21.0. The second kappa shape index (κ2) is 9.53. The standard InChI is InChI=1S/C28H29N5O3/c1-5-16-36-28(35)18-12-14-19(15-13-18)33-25-23(27(34)32(17(4)6-2)22(7-3)31-25)24-26(33)30-21-11-9-8-10-20(21)29-24/h8-15,17H,5-7,16H2,1-4H3/t17-/m1/s1. The van der Waals surface area contributed by atoms with Gasteiger partial charge >= 0.3 is 5.97 Å². The van der Waals surface area contributed by atoms with E-state index in [0.717, 1.165) is 29.9 Å². The molecular formula is C28H29N5O3. The van der Waals surface area contributed by atoms with Crippen molar-refractivity contribution in [2.24, 2.45) is 0 Å². The van der Waals surface area contributed by atoms with Crippen LogP contribution >= 0.6 is 0 Å². The zero-order chi connectivity index (χ0) is 25.4. The number of aryl methyl sites for hydroxylation is 1. The van der Waals surface area contributed by atoms with Gasteiger partial charge in [-0.1, -0.05) is 32.9 Å². The maximum Gasteiger partial charge on any atom is 0.338 e. The zero-order valence-corrected chi connectivity index (χ0v) is 21.0. The SMILES string of the molecule is CCCOC(=O)c1ccc(-n2c3nc4ccccc4nc3c3c(=O)n([C@H](C)CC)c(CC)nc32)cc1. The van der Waals surface area contributed by atoms with Crippen molar-refractivity contribution in [1.82, 2.24) is 24.1 Å². The van der Waals surface area contributed by atoms with Crippen molar-refractivity contribution in [1.29, 1.82) is 0 Å². The lowest BCUT2D eigenvalue weighted by atomic mass is 10.2. The van der Waals surface area contributed by atoms with Gasteiger partial charge in [0.25, 0.3) is 5.56 Å². The van der Waals surface area contributed by atoms with Gasteiger partial charge in [-0.2, -0.15) is 0 Å². The first-order valence-electron chi connectivity index (χ1n) is 12.5. The summed E-state index contributed by atoms with van der Waals surface area (Å²) in [6.07, 6.45) is 2.18. The first-order valence-corrected chi connectivity index (χ1v) is 12.5. The van der Waals surface area contributed by atoms with Crippen molar-refractivity contribution in [3.8, 4) is 5.69 Å². The van der Waals surface area contributed by atoms with Crippen LogP contribution in [0.2, 0.25) is 0 Å². The first-order chi connectivity index (χ1) is 17.5. The normalized spacial score (nSPS) is 12.4. The van der Waals surface area contributed by atoms with Gasteiger partial charge < -0.3 is 4.74 Å². The average Bonchev–Trinajstić information content (AvgIpc) is 3.22. The first kappa shape index (κ1) is 23.7. The van der Waals surface area contributed by atoms with E-state index in [0.29, 0.717) is 46.3 Å². The number of para-hydroxylation sites is 2. The molecule has 0 aliphatic heterocycles. The Balaban J connectivity index is 1.83. The molecule has 2 aromatic carbocycles. The van der Waals surface area contributed by atoms with Gasteiger partial charge in [0.15, 0.2) is 11.3 Å². The number of benzene rings is 2. The van der Waals surface area contributed by atoms with Gasteiger partial charge in [0, 0.05) is 18.2 Å². The van der Waals surface area contributed by atoms with E-state index in [2.05, 4.69) is 6.92 Å². The van der Waals surface area contributed by atoms with Crippen LogP contribution in [0.3, 0.4) is 0 Å². The lowest BCUT2D eigenvalue weighted by molar-refractivity contribution is 0.0505. The number of carbonyl (C=O) groups is 1. The number of aromatic nitrogens is 5. The summed E-state index contributed by atoms with van der Waals surface area (Å²) in [6.45, 7) is 8.43. The highest BCUT2D eigenvalue weighted by atomic mass is 16.5. The summed E-state index contributed by atoms with van der Waals surface area (Å²) in [4.78, 5) is 41.0. The fourth-order valence-electron chi connectivity index (χ4n) is 4.50. The third-order valence-corrected chi connectivity index (χ3v) is 6.53. The van der Waals surface area contributed by atoms with Crippen LogP contribution in [0.25, 0.3) is 38.9 Å². The maximum absolute atomic E-state index is 13.9. The molecule has 36 heavy (non-hydrogen) atoms. The summed E-state index contributed by atoms with van der Waals surface area (Å²) in [6, 6.07) is 14.7. The predicted molar refractivity (Wildman–Crippen MR) is 141 cm³/mol. The maximum atomic E-state index is 13.9. The smallest absolute Gasteiger partial charge is 0.338 e. The van der Waals surface area contributed by atoms with Crippen molar-refractivity contribution in [2.75, 3.05) is 6.61 Å². The minimum atomic E-state index is -0.362. The molecule has 184 valence electrons. The van der Waals surface area contributed by atoms with Gasteiger partial charge in [-0.25, -0.2) is 19.7 Å². The topological polar surface area (TPSA) is 91.9 Å². The van der Waals surface area contributed by atoms with Crippen LogP contribution < -0.4 is 5.56 Å². The van der Waals surface area contributed by atoms with E-state index in [1.807, 2.05) is 61.7 Å². The van der Waals surface area contributed by atoms with Crippen molar-refractivity contribution in [3.63, 3.8) is 0 Å². The number of ether oxygens (including phenoxy) is 1. The molecule has 0 saturated carbocycles. The minimum absolute atomic E-state index is 0.00424. The predicted octanol–water partition coefficient (Wildman–Crippen LogP) is 5.38. The van der Waals surface area contributed by atoms with Gasteiger partial charge in [-0.3, -0.25) is 13.9 Å². The molecule has 5 aromatic rings. The molecule has 8 heteroatoms. The monoisotopic (exact) mass is 483 g/mol. The van der Waals surface area contributed by atoms with E-state index in [4.69, 9.17) is 19.7 Å². The quantitative estimate of drug-likeness (QED) is 0.289. The van der Waals surface area contributed by atoms with Crippen LogP contribution in [0.1, 0.15) is 62.8 Å². The number of rotatable bonds is 7. The summed E-state index contributed by atoms with van der Waals surface area (Å²) in [5.41, 5.74) is 4.12. The molecule has 0 aliphatic rings. The number of fused-ring (bicyclic) bond motifs is 4. The Hall–Kier alpha value is -4.07. The third-order valence-electron chi connectivity index (χ3n) is 6.53. The van der Waals surface area contributed by atoms with Gasteiger partial charge in [0.2, 0.25) is 0 Å². The number of esters is 1. The van der Waals surface area contributed by atoms with E-state index in [-0.39, 0.29) is 17.6 Å². The molecule has 0 fully saturated rings. The molecule has 0 aliphatic carbocycles. The Bertz CT molecular complexity index is 1650. The Labute approximate surface area is 208 Å². The van der Waals surface area contributed by atoms with E-state index < -0.39 is 0 Å². The van der Waals surface area contributed by atoms with Crippen LogP contribution in [0.4, 0.5) is 0 Å². The Morgan fingerprint density at radius 3 is 2.28 bits per heavy atom. The summed E-state index contributed by atoms with van der Waals surface area (Å²) >= 11 is 0. The molecule has 8 nitrogen and oxygen atoms in total. The van der Waals surface area contributed by atoms with Crippen molar-refractivity contribution in [2.45, 2.75) is 53.0 Å². The molecular weight excluding hydrogens is 454 g/mol. The van der Waals surface area contributed by atoms with Crippen LogP contribution in [0.15, 0.2) is 53.3 Å². The number of hydrogen-bond donors (Lipinski definition) is 0. The second-order valence-corrected chi connectivity index (χ2v) is 8.92. The van der Waals surface area contributed by atoms with Crippen molar-refractivity contribution in [3.05, 3.63) is 70.3 Å². The average molecular weight is 484 g/mol. The fraction of sp³-hybridized carbons (Fsp3) is 0.321. The molecule has 3 heterocycles. The molecule has 0 saturated heterocycles. The lowest BCUT2D eigenvalue weighted by Crippen LogP contribution is -2.28. The summed E-state index contributed by atoms with van der Waals surface area (Å²) in [7, 11) is 0. The van der Waals surface area contributed by atoms with E-state index in [9.17, 15) is 9.59 Å². The molecule has 0 bridgehead atoms. The summed E-state index contributed by atoms with van der Waals surface area (Å²) < 4.78 is 8.92. The lowest BCUT2D eigenvalue weighted by Gasteiger charge is -2.17. The molecule has 0 radical (unpaired) electrons. The molecule has 3 aromatic heterocycles.